The van der Waals surface area contributed by atoms with Gasteiger partial charge in [0.05, 0.1) is 18.4 Å². The van der Waals surface area contributed by atoms with Crippen LogP contribution >= 0.6 is 0 Å². The molecule has 0 saturated heterocycles. The third-order valence-corrected chi connectivity index (χ3v) is 4.70. The summed E-state index contributed by atoms with van der Waals surface area (Å²) in [5.41, 5.74) is 4.73. The molecule has 2 N–H and O–H groups in total. The zero-order chi connectivity index (χ0) is 21.2. The highest BCUT2D eigenvalue weighted by atomic mass is 16.5. The van der Waals surface area contributed by atoms with E-state index in [4.69, 9.17) is 4.74 Å². The number of hydrogen-bond donors (Lipinski definition) is 2. The minimum Gasteiger partial charge on any atom is -0.374 e. The number of nitrogens with one attached hydrogen (secondary N) is 2. The average Bonchev–Trinajstić information content (AvgIpc) is 3.31. The highest BCUT2D eigenvalue weighted by Gasteiger charge is 2.02. The van der Waals surface area contributed by atoms with Gasteiger partial charge in [-0.15, -0.1) is 0 Å². The van der Waals surface area contributed by atoms with E-state index < -0.39 is 0 Å². The van der Waals surface area contributed by atoms with Gasteiger partial charge in [-0.25, -0.2) is 4.68 Å². The maximum Gasteiger partial charge on any atom is 0.191 e. The van der Waals surface area contributed by atoms with Crippen molar-refractivity contribution in [2.75, 3.05) is 13.6 Å². The lowest BCUT2D eigenvalue weighted by atomic mass is 10.1. The van der Waals surface area contributed by atoms with Gasteiger partial charge in [-0.3, -0.25) is 4.99 Å². The van der Waals surface area contributed by atoms with Gasteiger partial charge in [-0.1, -0.05) is 36.4 Å². The summed E-state index contributed by atoms with van der Waals surface area (Å²) in [6.45, 7) is 6.29. The molecule has 0 saturated carbocycles. The van der Waals surface area contributed by atoms with Crippen LogP contribution in [0.1, 0.15) is 30.5 Å². The van der Waals surface area contributed by atoms with Crippen molar-refractivity contribution in [2.45, 2.75) is 39.5 Å². The molecule has 1 heterocycles. The Balaban J connectivity index is 1.40. The summed E-state index contributed by atoms with van der Waals surface area (Å²) in [7, 11) is 1.79. The second-order valence-electron chi connectivity index (χ2n) is 7.40. The summed E-state index contributed by atoms with van der Waals surface area (Å²) >= 11 is 0. The molecule has 0 bridgehead atoms. The number of rotatable bonds is 9. The SMILES string of the molecule is CN=C(NCCc1ccc(-n2cccn2)cc1)NCc1ccc(COC(C)C)cc1. The van der Waals surface area contributed by atoms with Gasteiger partial charge in [0.1, 0.15) is 0 Å². The Kier molecular flexibility index (Phi) is 8.03. The highest BCUT2D eigenvalue weighted by Crippen LogP contribution is 2.09. The van der Waals surface area contributed by atoms with Crippen LogP contribution < -0.4 is 10.6 Å². The fourth-order valence-corrected chi connectivity index (χ4v) is 2.98. The molecule has 3 rings (SSSR count). The third-order valence-electron chi connectivity index (χ3n) is 4.70. The first kappa shape index (κ1) is 21.6. The minimum atomic E-state index is 0.245. The molecular weight excluding hydrogens is 374 g/mol. The molecule has 6 heteroatoms. The van der Waals surface area contributed by atoms with Gasteiger partial charge in [0.15, 0.2) is 5.96 Å². The maximum atomic E-state index is 5.64. The van der Waals surface area contributed by atoms with Crippen molar-refractivity contribution < 1.29 is 4.74 Å². The molecule has 0 aliphatic heterocycles. The molecule has 0 fully saturated rings. The molecule has 3 aromatic rings. The van der Waals surface area contributed by atoms with Crippen LogP contribution in [0.5, 0.6) is 0 Å². The Bertz CT molecular complexity index is 900. The summed E-state index contributed by atoms with van der Waals surface area (Å²) in [4.78, 5) is 4.31. The van der Waals surface area contributed by atoms with Crippen LogP contribution in [0.4, 0.5) is 0 Å². The monoisotopic (exact) mass is 405 g/mol. The van der Waals surface area contributed by atoms with Gasteiger partial charge >= 0.3 is 0 Å². The van der Waals surface area contributed by atoms with Gasteiger partial charge in [0.2, 0.25) is 0 Å². The Labute approximate surface area is 179 Å². The van der Waals surface area contributed by atoms with E-state index in [-0.39, 0.29) is 6.10 Å². The average molecular weight is 406 g/mol. The second-order valence-corrected chi connectivity index (χ2v) is 7.40. The van der Waals surface area contributed by atoms with Crippen LogP contribution in [0.3, 0.4) is 0 Å². The normalized spacial score (nSPS) is 11.7. The molecule has 0 atom stereocenters. The lowest BCUT2D eigenvalue weighted by Crippen LogP contribution is -2.37. The molecule has 158 valence electrons. The van der Waals surface area contributed by atoms with E-state index in [1.807, 2.05) is 30.8 Å². The Morgan fingerprint density at radius 1 is 1.00 bits per heavy atom. The summed E-state index contributed by atoms with van der Waals surface area (Å²) in [5, 5.41) is 11.0. The second kappa shape index (κ2) is 11.2. The van der Waals surface area contributed by atoms with Crippen molar-refractivity contribution in [1.82, 2.24) is 20.4 Å². The minimum absolute atomic E-state index is 0.245. The molecular formula is C24H31N5O. The molecule has 0 radical (unpaired) electrons. The van der Waals surface area contributed by atoms with Crippen molar-refractivity contribution in [1.29, 1.82) is 0 Å². The number of nitrogens with zero attached hydrogens (tertiary/aromatic N) is 3. The lowest BCUT2D eigenvalue weighted by Gasteiger charge is -2.13. The van der Waals surface area contributed by atoms with E-state index in [1.165, 1.54) is 16.7 Å². The molecule has 1 aromatic heterocycles. The van der Waals surface area contributed by atoms with Gasteiger partial charge in [-0.05, 0) is 55.2 Å². The van der Waals surface area contributed by atoms with Crippen molar-refractivity contribution in [3.05, 3.63) is 83.7 Å². The van der Waals surface area contributed by atoms with E-state index in [0.29, 0.717) is 6.61 Å². The number of aliphatic imine (C=N–C) groups is 1. The predicted octanol–water partition coefficient (Wildman–Crippen LogP) is 3.71. The zero-order valence-electron chi connectivity index (χ0n) is 18.0. The van der Waals surface area contributed by atoms with E-state index in [9.17, 15) is 0 Å². The van der Waals surface area contributed by atoms with E-state index in [1.54, 1.807) is 13.2 Å². The van der Waals surface area contributed by atoms with Crippen LogP contribution in [0.2, 0.25) is 0 Å². The predicted molar refractivity (Wildman–Crippen MR) is 122 cm³/mol. The Morgan fingerprint density at radius 3 is 2.33 bits per heavy atom. The lowest BCUT2D eigenvalue weighted by molar-refractivity contribution is 0.0657. The molecule has 0 amide bonds. The van der Waals surface area contributed by atoms with Gasteiger partial charge in [0.25, 0.3) is 0 Å². The number of hydrogen-bond acceptors (Lipinski definition) is 3. The van der Waals surface area contributed by atoms with Crippen LogP contribution in [-0.2, 0) is 24.3 Å². The standard InChI is InChI=1S/C24H31N5O/c1-19(2)30-18-22-7-5-21(6-8-22)17-27-24(25-3)26-15-13-20-9-11-23(12-10-20)29-16-4-14-28-29/h4-12,14,16,19H,13,15,17-18H2,1-3H3,(H2,25,26,27). The largest absolute Gasteiger partial charge is 0.374 e. The van der Waals surface area contributed by atoms with Crippen molar-refractivity contribution in [2.24, 2.45) is 4.99 Å². The molecule has 0 aliphatic carbocycles. The zero-order valence-corrected chi connectivity index (χ0v) is 18.0. The number of ether oxygens (including phenoxy) is 1. The van der Waals surface area contributed by atoms with Crippen LogP contribution in [0, 0.1) is 0 Å². The van der Waals surface area contributed by atoms with E-state index in [2.05, 4.69) is 69.3 Å². The molecule has 6 nitrogen and oxygen atoms in total. The van der Waals surface area contributed by atoms with Crippen LogP contribution in [-0.4, -0.2) is 35.4 Å². The number of aromatic nitrogens is 2. The quantitative estimate of drug-likeness (QED) is 0.421. The first-order valence-electron chi connectivity index (χ1n) is 10.4. The molecule has 30 heavy (non-hydrogen) atoms. The third kappa shape index (κ3) is 6.74. The van der Waals surface area contributed by atoms with E-state index in [0.717, 1.165) is 31.2 Å². The van der Waals surface area contributed by atoms with Crippen molar-refractivity contribution in [3.8, 4) is 5.69 Å². The topological polar surface area (TPSA) is 63.5 Å². The molecule has 2 aromatic carbocycles. The Morgan fingerprint density at radius 2 is 1.70 bits per heavy atom. The molecule has 0 aliphatic rings. The molecule has 0 unspecified atom stereocenters. The summed E-state index contributed by atoms with van der Waals surface area (Å²) in [6.07, 6.45) is 4.89. The number of guanidine groups is 1. The van der Waals surface area contributed by atoms with Crippen LogP contribution in [0.25, 0.3) is 5.69 Å². The van der Waals surface area contributed by atoms with Gasteiger partial charge < -0.3 is 15.4 Å². The summed E-state index contributed by atoms with van der Waals surface area (Å²) in [6, 6.07) is 18.9. The van der Waals surface area contributed by atoms with Gasteiger partial charge in [-0.2, -0.15) is 5.10 Å². The summed E-state index contributed by atoms with van der Waals surface area (Å²) in [5.74, 6) is 0.801. The number of benzene rings is 2. The maximum absolute atomic E-state index is 5.64. The fourth-order valence-electron chi connectivity index (χ4n) is 2.98. The van der Waals surface area contributed by atoms with Gasteiger partial charge in [0, 0.05) is 32.5 Å². The Hall–Kier alpha value is -3.12. The van der Waals surface area contributed by atoms with Crippen LogP contribution in [0.15, 0.2) is 72.0 Å². The smallest absolute Gasteiger partial charge is 0.191 e. The summed E-state index contributed by atoms with van der Waals surface area (Å²) < 4.78 is 7.50. The van der Waals surface area contributed by atoms with Crippen molar-refractivity contribution in [3.63, 3.8) is 0 Å². The van der Waals surface area contributed by atoms with Crippen molar-refractivity contribution >= 4 is 5.96 Å². The fraction of sp³-hybridized carbons (Fsp3) is 0.333. The highest BCUT2D eigenvalue weighted by molar-refractivity contribution is 5.79. The van der Waals surface area contributed by atoms with E-state index >= 15 is 0 Å². The first-order chi connectivity index (χ1) is 14.6. The first-order valence-corrected chi connectivity index (χ1v) is 10.4. The molecule has 0 spiro atoms.